The number of para-hydroxylation sites is 1. The number of hydrogen-bond donors (Lipinski definition) is 1. The first-order chi connectivity index (χ1) is 16.1. The Labute approximate surface area is 196 Å². The molecule has 0 saturated carbocycles. The number of allylic oxidation sites excluding steroid dienone is 1. The molecule has 1 aliphatic heterocycles. The Morgan fingerprint density at radius 2 is 1.73 bits per heavy atom. The van der Waals surface area contributed by atoms with Crippen LogP contribution >= 0.6 is 11.6 Å². The maximum atomic E-state index is 13.1. The fourth-order valence-corrected chi connectivity index (χ4v) is 4.05. The molecule has 5 rings (SSSR count). The highest BCUT2D eigenvalue weighted by atomic mass is 35.5. The molecule has 33 heavy (non-hydrogen) atoms. The van der Waals surface area contributed by atoms with Gasteiger partial charge in [-0.05, 0) is 58.3 Å². The first-order valence-electron chi connectivity index (χ1n) is 10.5. The Bertz CT molecular complexity index is 1320. The standard InChI is InChI=1S/C25H21ClN6O/c1-17-7-5-6-10-21(17)27-24(33)16-31-22(18-8-3-2-4-9-18)15-23(32-25(31)28-29-30-32)19-11-13-20(26)14-12-19/h2-15,23H,16H2,1H3,(H,27,33)/t23-/m1/s1. The molecule has 0 fully saturated rings. The van der Waals surface area contributed by atoms with Crippen LogP contribution in [0.25, 0.3) is 5.70 Å². The zero-order valence-electron chi connectivity index (χ0n) is 17.9. The smallest absolute Gasteiger partial charge is 0.251 e. The van der Waals surface area contributed by atoms with Crippen LogP contribution in [0.5, 0.6) is 0 Å². The van der Waals surface area contributed by atoms with Crippen molar-refractivity contribution in [1.82, 2.24) is 20.2 Å². The van der Waals surface area contributed by atoms with Crippen molar-refractivity contribution in [3.05, 3.63) is 107 Å². The molecule has 7 nitrogen and oxygen atoms in total. The molecule has 0 bridgehead atoms. The summed E-state index contributed by atoms with van der Waals surface area (Å²) < 4.78 is 1.72. The van der Waals surface area contributed by atoms with Gasteiger partial charge < -0.3 is 5.32 Å². The number of carbonyl (C=O) groups excluding carboxylic acids is 1. The molecule has 8 heteroatoms. The zero-order valence-corrected chi connectivity index (χ0v) is 18.6. The van der Waals surface area contributed by atoms with Crippen LogP contribution in [0, 0.1) is 6.92 Å². The Kier molecular flexibility index (Phi) is 5.62. The Hall–Kier alpha value is -3.97. The number of hydrogen-bond acceptors (Lipinski definition) is 5. The normalized spacial score (nSPS) is 15.0. The van der Waals surface area contributed by atoms with Crippen LogP contribution in [0.4, 0.5) is 11.6 Å². The summed E-state index contributed by atoms with van der Waals surface area (Å²) in [5.41, 5.74) is 4.59. The molecule has 0 radical (unpaired) electrons. The van der Waals surface area contributed by atoms with Crippen molar-refractivity contribution >= 4 is 34.8 Å². The molecule has 164 valence electrons. The van der Waals surface area contributed by atoms with E-state index in [1.54, 1.807) is 4.68 Å². The summed E-state index contributed by atoms with van der Waals surface area (Å²) in [4.78, 5) is 14.9. The molecule has 0 spiro atoms. The van der Waals surface area contributed by atoms with Crippen molar-refractivity contribution in [3.63, 3.8) is 0 Å². The summed E-state index contributed by atoms with van der Waals surface area (Å²) in [5.74, 6) is 0.335. The fourth-order valence-electron chi connectivity index (χ4n) is 3.93. The summed E-state index contributed by atoms with van der Waals surface area (Å²) in [7, 11) is 0. The Morgan fingerprint density at radius 1 is 1.00 bits per heavy atom. The number of nitrogens with zero attached hydrogens (tertiary/aromatic N) is 5. The number of tetrazole rings is 1. The van der Waals surface area contributed by atoms with Crippen LogP contribution in [0.3, 0.4) is 0 Å². The van der Waals surface area contributed by atoms with Crippen LogP contribution < -0.4 is 10.2 Å². The minimum absolute atomic E-state index is 0.0583. The maximum absolute atomic E-state index is 13.1. The molecular weight excluding hydrogens is 436 g/mol. The van der Waals surface area contributed by atoms with E-state index < -0.39 is 0 Å². The number of amides is 1. The quantitative estimate of drug-likeness (QED) is 0.470. The number of benzene rings is 3. The molecule has 1 aromatic heterocycles. The van der Waals surface area contributed by atoms with Gasteiger partial charge in [0, 0.05) is 10.7 Å². The molecule has 2 heterocycles. The molecule has 0 saturated heterocycles. The highest BCUT2D eigenvalue weighted by Gasteiger charge is 2.32. The summed E-state index contributed by atoms with van der Waals surface area (Å²) in [6, 6.07) is 25.0. The van der Waals surface area contributed by atoms with Crippen molar-refractivity contribution < 1.29 is 4.79 Å². The SMILES string of the molecule is Cc1ccccc1NC(=O)CN1C(c2ccccc2)=C[C@H](c2ccc(Cl)cc2)n2nnnc21. The van der Waals surface area contributed by atoms with E-state index in [1.807, 2.05) is 90.7 Å². The van der Waals surface area contributed by atoms with Gasteiger partial charge in [0.2, 0.25) is 5.91 Å². The van der Waals surface area contributed by atoms with Gasteiger partial charge in [0.05, 0.1) is 5.70 Å². The van der Waals surface area contributed by atoms with E-state index in [0.717, 1.165) is 28.1 Å². The Morgan fingerprint density at radius 3 is 2.48 bits per heavy atom. The lowest BCUT2D eigenvalue weighted by Gasteiger charge is -2.32. The number of nitrogens with one attached hydrogen (secondary N) is 1. The number of rotatable bonds is 5. The molecular formula is C25H21ClN6O. The van der Waals surface area contributed by atoms with Crippen LogP contribution in [-0.2, 0) is 4.79 Å². The van der Waals surface area contributed by atoms with Crippen molar-refractivity contribution in [2.75, 3.05) is 16.8 Å². The van der Waals surface area contributed by atoms with Crippen LogP contribution in [0.15, 0.2) is 84.9 Å². The van der Waals surface area contributed by atoms with Crippen molar-refractivity contribution in [2.24, 2.45) is 0 Å². The van der Waals surface area contributed by atoms with E-state index in [9.17, 15) is 4.79 Å². The predicted octanol–water partition coefficient (Wildman–Crippen LogP) is 4.72. The van der Waals surface area contributed by atoms with Gasteiger partial charge >= 0.3 is 0 Å². The van der Waals surface area contributed by atoms with Gasteiger partial charge in [-0.2, -0.15) is 4.68 Å². The molecule has 1 aliphatic rings. The van der Waals surface area contributed by atoms with Crippen molar-refractivity contribution in [2.45, 2.75) is 13.0 Å². The molecule has 1 atom stereocenters. The molecule has 1 amide bonds. The fraction of sp³-hybridized carbons (Fsp3) is 0.120. The number of anilines is 2. The zero-order chi connectivity index (χ0) is 22.8. The topological polar surface area (TPSA) is 75.9 Å². The molecule has 4 aromatic rings. The largest absolute Gasteiger partial charge is 0.324 e. The number of aromatic nitrogens is 4. The van der Waals surface area contributed by atoms with Gasteiger partial charge in [0.25, 0.3) is 5.95 Å². The number of fused-ring (bicyclic) bond motifs is 1. The van der Waals surface area contributed by atoms with E-state index in [2.05, 4.69) is 26.9 Å². The van der Waals surface area contributed by atoms with E-state index in [1.165, 1.54) is 0 Å². The lowest BCUT2D eigenvalue weighted by molar-refractivity contribution is -0.114. The maximum Gasteiger partial charge on any atom is 0.251 e. The monoisotopic (exact) mass is 456 g/mol. The third-order valence-corrected chi connectivity index (χ3v) is 5.84. The summed E-state index contributed by atoms with van der Waals surface area (Å²) in [6.45, 7) is 2.02. The number of halogens is 1. The first-order valence-corrected chi connectivity index (χ1v) is 10.9. The minimum Gasteiger partial charge on any atom is -0.324 e. The van der Waals surface area contributed by atoms with Crippen LogP contribution in [-0.4, -0.2) is 32.7 Å². The van der Waals surface area contributed by atoms with Gasteiger partial charge in [-0.15, -0.1) is 0 Å². The van der Waals surface area contributed by atoms with Crippen molar-refractivity contribution in [3.8, 4) is 0 Å². The highest BCUT2D eigenvalue weighted by Crippen LogP contribution is 2.36. The second kappa shape index (κ2) is 8.88. The summed E-state index contributed by atoms with van der Waals surface area (Å²) >= 11 is 6.10. The van der Waals surface area contributed by atoms with Crippen LogP contribution in [0.2, 0.25) is 5.02 Å². The minimum atomic E-state index is -0.238. The molecule has 1 N–H and O–H groups in total. The van der Waals surface area contributed by atoms with Gasteiger partial charge in [-0.1, -0.05) is 77.4 Å². The average Bonchev–Trinajstić information content (AvgIpc) is 3.32. The van der Waals surface area contributed by atoms with Crippen LogP contribution in [0.1, 0.15) is 22.7 Å². The Balaban J connectivity index is 1.53. The van der Waals surface area contributed by atoms with Gasteiger partial charge in [-0.3, -0.25) is 9.69 Å². The third kappa shape index (κ3) is 4.23. The molecule has 0 aliphatic carbocycles. The molecule has 0 unspecified atom stereocenters. The average molecular weight is 457 g/mol. The number of aryl methyl sites for hydroxylation is 1. The lowest BCUT2D eigenvalue weighted by Crippen LogP contribution is -2.37. The second-order valence-corrected chi connectivity index (χ2v) is 8.22. The van der Waals surface area contributed by atoms with Gasteiger partial charge in [0.15, 0.2) is 0 Å². The third-order valence-electron chi connectivity index (χ3n) is 5.59. The van der Waals surface area contributed by atoms with Crippen molar-refractivity contribution in [1.29, 1.82) is 0 Å². The predicted molar refractivity (Wildman–Crippen MR) is 129 cm³/mol. The lowest BCUT2D eigenvalue weighted by atomic mass is 10.0. The summed E-state index contributed by atoms with van der Waals surface area (Å²) in [6.07, 6.45) is 2.07. The second-order valence-electron chi connectivity index (χ2n) is 7.79. The first kappa shape index (κ1) is 20.9. The van der Waals surface area contributed by atoms with E-state index >= 15 is 0 Å². The molecule has 3 aromatic carbocycles. The van der Waals surface area contributed by atoms with E-state index in [-0.39, 0.29) is 18.5 Å². The van der Waals surface area contributed by atoms with Gasteiger partial charge in [0.1, 0.15) is 12.6 Å². The summed E-state index contributed by atoms with van der Waals surface area (Å²) in [5, 5.41) is 16.1. The number of carbonyl (C=O) groups is 1. The van der Waals surface area contributed by atoms with Gasteiger partial charge in [-0.25, -0.2) is 0 Å². The van der Waals surface area contributed by atoms with E-state index in [4.69, 9.17) is 11.6 Å². The highest BCUT2D eigenvalue weighted by molar-refractivity contribution is 6.30. The van der Waals surface area contributed by atoms with E-state index in [0.29, 0.717) is 11.0 Å².